The summed E-state index contributed by atoms with van der Waals surface area (Å²) >= 11 is 0. The maximum Gasteiger partial charge on any atom is 0.184 e. The van der Waals surface area contributed by atoms with Crippen molar-refractivity contribution >= 4 is 55.8 Å². The number of Topliss-reactive ketones (excluding diaryl/α,β-unsaturated/α-hetero) is 4. The third-order valence-electron chi connectivity index (χ3n) is 11.3. The molecule has 0 bridgehead atoms. The molecule has 380 valence electrons. The molecule has 3 heterocycles. The van der Waals surface area contributed by atoms with Crippen LogP contribution < -0.4 is 9.47 Å². The van der Waals surface area contributed by atoms with Crippen LogP contribution in [0.25, 0.3) is 32.7 Å². The third kappa shape index (κ3) is 16.6. The summed E-state index contributed by atoms with van der Waals surface area (Å²) in [5, 5.41) is 2.91. The van der Waals surface area contributed by atoms with Crippen LogP contribution in [0.3, 0.4) is 0 Å². The van der Waals surface area contributed by atoms with Crippen LogP contribution >= 0.6 is 0 Å². The molecular formula is C58H73N3O10. The molecule has 3 aromatic heterocycles. The number of aromatic nitrogens is 3. The zero-order chi connectivity index (χ0) is 51.9. The predicted molar refractivity (Wildman–Crippen MR) is 282 cm³/mol. The molecule has 0 radical (unpaired) electrons. The van der Waals surface area contributed by atoms with E-state index < -0.39 is 10.8 Å². The number of H-pyrrole nitrogens is 3. The molecule has 7 rings (SSSR count). The van der Waals surface area contributed by atoms with Gasteiger partial charge in [-0.2, -0.15) is 0 Å². The second-order valence-electron chi connectivity index (χ2n) is 20.6. The van der Waals surface area contributed by atoms with Crippen molar-refractivity contribution in [3.8, 4) is 11.5 Å². The van der Waals surface area contributed by atoms with E-state index in [0.29, 0.717) is 76.4 Å². The van der Waals surface area contributed by atoms with E-state index in [1.165, 1.54) is 0 Å². The molecule has 0 amide bonds. The molecule has 0 unspecified atom stereocenters. The van der Waals surface area contributed by atoms with E-state index >= 15 is 0 Å². The molecule has 3 N–H and O–H groups in total. The van der Waals surface area contributed by atoms with Gasteiger partial charge in [0, 0.05) is 68.0 Å². The molecule has 0 aliphatic rings. The van der Waals surface area contributed by atoms with Gasteiger partial charge in [0.1, 0.15) is 18.1 Å². The second-order valence-corrected chi connectivity index (χ2v) is 20.6. The highest BCUT2D eigenvalue weighted by molar-refractivity contribution is 6.04. The number of benzene rings is 4. The minimum Gasteiger partial charge on any atom is -0.497 e. The highest BCUT2D eigenvalue weighted by Crippen LogP contribution is 2.29. The number of carbonyl (C=O) groups is 4. The highest BCUT2D eigenvalue weighted by atomic mass is 16.6. The topological polar surface area (TPSA) is 171 Å². The maximum absolute atomic E-state index is 12.4. The van der Waals surface area contributed by atoms with Gasteiger partial charge in [-0.1, -0.05) is 98.2 Å². The molecule has 0 fully saturated rings. The summed E-state index contributed by atoms with van der Waals surface area (Å²) in [4.78, 5) is 58.9. The average Bonchev–Trinajstić information content (AvgIpc) is 4.07. The summed E-state index contributed by atoms with van der Waals surface area (Å²) in [5.74, 6) is 1.94. The first-order valence-corrected chi connectivity index (χ1v) is 24.1. The number of methoxy groups -OCH3 is 2. The Morgan fingerprint density at radius 1 is 0.451 bits per heavy atom. The van der Waals surface area contributed by atoms with Gasteiger partial charge in [-0.15, -0.1) is 0 Å². The van der Waals surface area contributed by atoms with E-state index in [4.69, 9.17) is 28.4 Å². The van der Waals surface area contributed by atoms with Crippen LogP contribution in [0.5, 0.6) is 11.5 Å². The van der Waals surface area contributed by atoms with E-state index in [9.17, 15) is 19.2 Å². The number of aromatic amines is 3. The Bertz CT molecular complexity index is 2860. The van der Waals surface area contributed by atoms with Crippen molar-refractivity contribution in [2.24, 2.45) is 16.2 Å². The monoisotopic (exact) mass is 972 g/mol. The predicted octanol–water partition coefficient (Wildman–Crippen LogP) is 12.0. The number of hydrogen-bond donors (Lipinski definition) is 3. The molecule has 0 saturated heterocycles. The van der Waals surface area contributed by atoms with Crippen molar-refractivity contribution in [2.45, 2.75) is 75.7 Å². The van der Waals surface area contributed by atoms with Crippen molar-refractivity contribution in [3.63, 3.8) is 0 Å². The molecule has 7 aromatic rings. The quantitative estimate of drug-likeness (QED) is 0.0493. The Labute approximate surface area is 418 Å². The Morgan fingerprint density at radius 3 is 1.28 bits per heavy atom. The minimum atomic E-state index is -0.425. The van der Waals surface area contributed by atoms with E-state index in [1.54, 1.807) is 14.2 Å². The van der Waals surface area contributed by atoms with E-state index in [1.807, 2.05) is 166 Å². The van der Waals surface area contributed by atoms with Gasteiger partial charge in [0.15, 0.2) is 23.1 Å². The Balaban J connectivity index is 0.000000204. The van der Waals surface area contributed by atoms with Crippen LogP contribution in [0.4, 0.5) is 0 Å². The van der Waals surface area contributed by atoms with E-state index in [2.05, 4.69) is 15.0 Å². The standard InChI is InChI=1S/C22H33NO6.C22H23NO2.C14H17NO2/c1-22(2,3)21(24)20-16-17-15-18(5-6-19(17)23-20)29-14-13-28-12-11-27-10-9-26-8-7-25-4;1-14-5-8-16(9-6-14)20(24)12-15-7-10-18-17(11-15)13-19(23-18)21(25)22(2,3)4;1-14(2,3)13(16)12-8-9-7-10(17-4)5-6-11(9)15-12/h5-6,15-16,23H,7-14H2,1-4H3;5-11,13,23H,12H2,1-4H3;5-8,15H,1-4H3. The van der Waals surface area contributed by atoms with Crippen molar-refractivity contribution in [2.75, 3.05) is 67.1 Å². The van der Waals surface area contributed by atoms with Gasteiger partial charge in [0.2, 0.25) is 0 Å². The summed E-state index contributed by atoms with van der Waals surface area (Å²) in [6, 6.07) is 30.6. The van der Waals surface area contributed by atoms with E-state index in [-0.39, 0.29) is 28.5 Å². The molecular weight excluding hydrogens is 899 g/mol. The first-order valence-electron chi connectivity index (χ1n) is 24.1. The number of hydrogen-bond acceptors (Lipinski definition) is 10. The lowest BCUT2D eigenvalue weighted by Gasteiger charge is -2.14. The van der Waals surface area contributed by atoms with Crippen LogP contribution in [0.2, 0.25) is 0 Å². The maximum atomic E-state index is 12.4. The molecule has 4 aromatic carbocycles. The Kier molecular flexibility index (Phi) is 19.7. The van der Waals surface area contributed by atoms with Gasteiger partial charge in [-0.3, -0.25) is 19.2 Å². The zero-order valence-electron chi connectivity index (χ0n) is 43.7. The Hall–Kier alpha value is -6.38. The smallest absolute Gasteiger partial charge is 0.184 e. The van der Waals surface area contributed by atoms with Crippen molar-refractivity contribution < 1.29 is 47.6 Å². The fraction of sp³-hybridized carbons (Fsp3) is 0.414. The minimum absolute atomic E-state index is 0.0842. The fourth-order valence-corrected chi connectivity index (χ4v) is 7.24. The van der Waals surface area contributed by atoms with Crippen LogP contribution in [0.1, 0.15) is 115 Å². The van der Waals surface area contributed by atoms with Crippen molar-refractivity contribution in [1.29, 1.82) is 0 Å². The number of aryl methyl sites for hydroxylation is 1. The van der Waals surface area contributed by atoms with Gasteiger partial charge in [-0.05, 0) is 79.2 Å². The summed E-state index contributed by atoms with van der Waals surface area (Å²) in [6.45, 7) is 23.5. The third-order valence-corrected chi connectivity index (χ3v) is 11.3. The van der Waals surface area contributed by atoms with Gasteiger partial charge in [0.25, 0.3) is 0 Å². The lowest BCUT2D eigenvalue weighted by atomic mass is 9.89. The zero-order valence-corrected chi connectivity index (χ0v) is 43.7. The number of carbonyl (C=O) groups excluding carboxylic acids is 4. The second kappa shape index (κ2) is 25.1. The fourth-order valence-electron chi connectivity index (χ4n) is 7.24. The lowest BCUT2D eigenvalue weighted by molar-refractivity contribution is 0.000169. The molecule has 71 heavy (non-hydrogen) atoms. The van der Waals surface area contributed by atoms with Crippen LogP contribution in [-0.2, 0) is 25.4 Å². The normalized spacial score (nSPS) is 11.8. The highest BCUT2D eigenvalue weighted by Gasteiger charge is 2.26. The molecule has 13 nitrogen and oxygen atoms in total. The number of nitrogens with one attached hydrogen (secondary N) is 3. The molecule has 0 spiro atoms. The van der Waals surface area contributed by atoms with Crippen LogP contribution in [0.15, 0.2) is 97.1 Å². The van der Waals surface area contributed by atoms with Gasteiger partial charge in [-0.25, -0.2) is 0 Å². The first-order chi connectivity index (χ1) is 33.6. The number of ketones is 4. The van der Waals surface area contributed by atoms with Gasteiger partial charge >= 0.3 is 0 Å². The van der Waals surface area contributed by atoms with E-state index in [0.717, 1.165) is 60.9 Å². The summed E-state index contributed by atoms with van der Waals surface area (Å²) in [7, 11) is 3.28. The Morgan fingerprint density at radius 2 is 0.845 bits per heavy atom. The lowest BCUT2D eigenvalue weighted by Crippen LogP contribution is -2.20. The first kappa shape index (κ1) is 55.5. The van der Waals surface area contributed by atoms with Gasteiger partial charge < -0.3 is 43.4 Å². The van der Waals surface area contributed by atoms with Crippen LogP contribution in [-0.4, -0.2) is 105 Å². The molecule has 0 atom stereocenters. The number of fused-ring (bicyclic) bond motifs is 3. The van der Waals surface area contributed by atoms with Gasteiger partial charge in [0.05, 0.1) is 70.4 Å². The number of ether oxygens (including phenoxy) is 6. The summed E-state index contributed by atoms with van der Waals surface area (Å²) < 4.78 is 32.0. The van der Waals surface area contributed by atoms with Crippen molar-refractivity contribution in [1.82, 2.24) is 15.0 Å². The SMILES string of the molecule is COCCOCCOCCOCCOc1ccc2[nH]c(C(=O)C(C)(C)C)cc2c1.COc1ccc2[nH]c(C(=O)C(C)(C)C)cc2c1.Cc1ccc(C(=O)Cc2ccc3[nH]c(C(=O)C(C)(C)C)cc3c2)cc1. The molecule has 13 heteroatoms. The summed E-state index contributed by atoms with van der Waals surface area (Å²) in [6.07, 6.45) is 0.354. The van der Waals surface area contributed by atoms with Crippen molar-refractivity contribution in [3.05, 3.63) is 131 Å². The molecule has 0 aliphatic carbocycles. The molecule has 0 saturated carbocycles. The van der Waals surface area contributed by atoms with Crippen LogP contribution in [0, 0.1) is 23.2 Å². The largest absolute Gasteiger partial charge is 0.497 e. The molecule has 0 aliphatic heterocycles. The number of rotatable bonds is 20. The average molecular weight is 972 g/mol. The summed E-state index contributed by atoms with van der Waals surface area (Å²) in [5.41, 5.74) is 6.29.